The minimum absolute atomic E-state index is 0.0677. The van der Waals surface area contributed by atoms with Gasteiger partial charge in [-0.25, -0.2) is 8.93 Å². The Morgan fingerprint density at radius 1 is 1.30 bits per heavy atom. The molecule has 1 rings (SSSR count). The van der Waals surface area contributed by atoms with Crippen LogP contribution in [0.15, 0.2) is 36.9 Å². The second kappa shape index (κ2) is 7.05. The monoisotopic (exact) mass is 349 g/mol. The van der Waals surface area contributed by atoms with E-state index in [1.54, 1.807) is 26.8 Å². The van der Waals surface area contributed by atoms with Crippen LogP contribution in [0.2, 0.25) is 0 Å². The number of alkyl halides is 3. The number of halogens is 3. The van der Waals surface area contributed by atoms with Crippen LogP contribution in [0.25, 0.3) is 0 Å². The van der Waals surface area contributed by atoms with Crippen molar-refractivity contribution in [3.63, 3.8) is 0 Å². The Bertz CT molecular complexity index is 581. The summed E-state index contributed by atoms with van der Waals surface area (Å²) in [5.41, 5.74) is -2.57. The van der Waals surface area contributed by atoms with Crippen LogP contribution in [0.3, 0.4) is 0 Å². The van der Waals surface area contributed by atoms with Gasteiger partial charge in [-0.2, -0.15) is 13.2 Å². The Balaban J connectivity index is 3.51. The molecule has 0 aromatic heterocycles. The molecular formula is C16H22F3NO2S. The quantitative estimate of drug-likeness (QED) is 0.786. The van der Waals surface area contributed by atoms with Crippen molar-refractivity contribution in [1.82, 2.24) is 4.72 Å². The van der Waals surface area contributed by atoms with Gasteiger partial charge in [-0.3, -0.25) is 0 Å². The molecule has 0 saturated heterocycles. The molecule has 0 amide bonds. The third-order valence-corrected chi connectivity index (χ3v) is 4.97. The fourth-order valence-electron chi connectivity index (χ4n) is 1.97. The van der Waals surface area contributed by atoms with Crippen molar-refractivity contribution in [2.45, 2.75) is 43.7 Å². The average molecular weight is 349 g/mol. The normalized spacial score (nSPS) is 16.5. The zero-order valence-electron chi connectivity index (χ0n) is 13.7. The first kappa shape index (κ1) is 19.7. The van der Waals surface area contributed by atoms with Crippen LogP contribution < -0.4 is 9.46 Å². The third kappa shape index (κ3) is 4.35. The van der Waals surface area contributed by atoms with E-state index in [4.69, 9.17) is 4.74 Å². The van der Waals surface area contributed by atoms with Crippen LogP contribution in [-0.4, -0.2) is 22.2 Å². The molecule has 23 heavy (non-hydrogen) atoms. The molecule has 1 N–H and O–H groups in total. The Labute approximate surface area is 137 Å². The lowest BCUT2D eigenvalue weighted by atomic mass is 9.86. The first-order chi connectivity index (χ1) is 10.5. The Hall–Kier alpha value is -1.34. The largest absolute Gasteiger partial charge is 0.497 e. The van der Waals surface area contributed by atoms with Crippen LogP contribution in [0.4, 0.5) is 13.2 Å². The summed E-state index contributed by atoms with van der Waals surface area (Å²) in [6.45, 7) is 8.25. The minimum Gasteiger partial charge on any atom is -0.497 e. The summed E-state index contributed by atoms with van der Waals surface area (Å²) in [4.78, 5) is 0. The standard InChI is InChI=1S/C16H22F3NO2S/c1-6-10-15(16(17,18)19,20-23(21)14(2,3)4)12-8-7-9-13(11-12)22-5/h6-9,11,20H,1,10H2,2-5H3/t15-,23-/m0/s1. The highest BCUT2D eigenvalue weighted by Gasteiger charge is 2.56. The van der Waals surface area contributed by atoms with Crippen molar-refractivity contribution < 1.29 is 22.1 Å². The molecule has 130 valence electrons. The van der Waals surface area contributed by atoms with Gasteiger partial charge in [0, 0.05) is 0 Å². The van der Waals surface area contributed by atoms with Gasteiger partial charge >= 0.3 is 6.18 Å². The van der Waals surface area contributed by atoms with E-state index in [0.717, 1.165) is 0 Å². The van der Waals surface area contributed by atoms with Crippen LogP contribution >= 0.6 is 0 Å². The number of methoxy groups -OCH3 is 1. The van der Waals surface area contributed by atoms with Gasteiger partial charge in [0.25, 0.3) is 0 Å². The van der Waals surface area contributed by atoms with Gasteiger partial charge in [-0.1, -0.05) is 18.2 Å². The highest BCUT2D eigenvalue weighted by molar-refractivity contribution is 7.84. The van der Waals surface area contributed by atoms with Gasteiger partial charge in [-0.05, 0) is 44.9 Å². The first-order valence-electron chi connectivity index (χ1n) is 7.00. The summed E-state index contributed by atoms with van der Waals surface area (Å²) in [6, 6.07) is 5.66. The van der Waals surface area contributed by atoms with Crippen molar-refractivity contribution in [2.24, 2.45) is 0 Å². The summed E-state index contributed by atoms with van der Waals surface area (Å²) in [5, 5.41) is 0. The molecule has 0 fully saturated rings. The number of nitrogens with one attached hydrogen (secondary N) is 1. The number of rotatable bonds is 6. The van der Waals surface area contributed by atoms with Crippen LogP contribution in [0.1, 0.15) is 32.8 Å². The molecule has 0 aliphatic heterocycles. The number of benzene rings is 1. The summed E-state index contributed by atoms with van der Waals surface area (Å²) in [6.07, 6.45) is -3.96. The second-order valence-electron chi connectivity index (χ2n) is 6.11. The van der Waals surface area contributed by atoms with Crippen molar-refractivity contribution in [3.05, 3.63) is 42.5 Å². The maximum absolute atomic E-state index is 13.9. The molecule has 0 aliphatic rings. The van der Waals surface area contributed by atoms with Gasteiger partial charge in [0.15, 0.2) is 5.54 Å². The molecule has 1 aromatic carbocycles. The maximum Gasteiger partial charge on any atom is 0.411 e. The molecule has 1 aromatic rings. The molecule has 7 heteroatoms. The lowest BCUT2D eigenvalue weighted by Gasteiger charge is -2.38. The molecule has 3 nitrogen and oxygen atoms in total. The smallest absolute Gasteiger partial charge is 0.411 e. The van der Waals surface area contributed by atoms with Crippen molar-refractivity contribution in [1.29, 1.82) is 0 Å². The number of hydrogen-bond acceptors (Lipinski definition) is 2. The Kier molecular flexibility index (Phi) is 6.04. The SMILES string of the molecule is C=CC[C@](N[S@@](=O)C(C)(C)C)(c1cccc(OC)c1)C(F)(F)F. The minimum atomic E-state index is -4.67. The zero-order valence-corrected chi connectivity index (χ0v) is 14.5. The molecule has 0 radical (unpaired) electrons. The van der Waals surface area contributed by atoms with E-state index < -0.39 is 33.9 Å². The fraction of sp³-hybridized carbons (Fsp3) is 0.500. The molecule has 0 heterocycles. The highest BCUT2D eigenvalue weighted by Crippen LogP contribution is 2.43. The van der Waals surface area contributed by atoms with E-state index in [2.05, 4.69) is 11.3 Å². The van der Waals surface area contributed by atoms with E-state index in [1.165, 1.54) is 31.4 Å². The summed E-state index contributed by atoms with van der Waals surface area (Å²) in [5.74, 6) is 0.295. The number of ether oxygens (including phenoxy) is 1. The van der Waals surface area contributed by atoms with Crippen molar-refractivity contribution in [3.8, 4) is 5.75 Å². The maximum atomic E-state index is 13.9. The molecule has 0 saturated carbocycles. The fourth-order valence-corrected chi connectivity index (χ4v) is 2.91. The van der Waals surface area contributed by atoms with Crippen LogP contribution in [0, 0.1) is 0 Å². The van der Waals surface area contributed by atoms with E-state index in [1.807, 2.05) is 0 Å². The van der Waals surface area contributed by atoms with Crippen molar-refractivity contribution >= 4 is 11.0 Å². The molecule has 2 atom stereocenters. The topological polar surface area (TPSA) is 38.3 Å². The van der Waals surface area contributed by atoms with E-state index in [-0.39, 0.29) is 5.56 Å². The summed E-state index contributed by atoms with van der Waals surface area (Å²) in [7, 11) is -0.545. The van der Waals surface area contributed by atoms with Gasteiger partial charge in [-0.15, -0.1) is 6.58 Å². The summed E-state index contributed by atoms with van der Waals surface area (Å²) < 4.78 is 60.7. The van der Waals surface area contributed by atoms with Gasteiger partial charge < -0.3 is 4.74 Å². The molecule has 0 bridgehead atoms. The van der Waals surface area contributed by atoms with E-state index in [9.17, 15) is 17.4 Å². The number of hydrogen-bond donors (Lipinski definition) is 1. The van der Waals surface area contributed by atoms with Gasteiger partial charge in [0.05, 0.1) is 22.8 Å². The molecule has 0 aliphatic carbocycles. The average Bonchev–Trinajstić information content (AvgIpc) is 2.44. The first-order valence-corrected chi connectivity index (χ1v) is 8.15. The Morgan fingerprint density at radius 2 is 1.91 bits per heavy atom. The van der Waals surface area contributed by atoms with Crippen LogP contribution in [-0.2, 0) is 16.5 Å². The molecule has 0 spiro atoms. The second-order valence-corrected chi connectivity index (χ2v) is 8.08. The summed E-state index contributed by atoms with van der Waals surface area (Å²) >= 11 is 0. The predicted octanol–water partition coefficient (Wildman–Crippen LogP) is 4.08. The molecule has 0 unspecified atom stereocenters. The van der Waals surface area contributed by atoms with Crippen LogP contribution in [0.5, 0.6) is 5.75 Å². The predicted molar refractivity (Wildman–Crippen MR) is 86.6 cm³/mol. The van der Waals surface area contributed by atoms with Crippen molar-refractivity contribution in [2.75, 3.05) is 7.11 Å². The zero-order chi connectivity index (χ0) is 17.9. The highest BCUT2D eigenvalue weighted by atomic mass is 32.2. The van der Waals surface area contributed by atoms with Gasteiger partial charge in [0.1, 0.15) is 5.75 Å². The van der Waals surface area contributed by atoms with Gasteiger partial charge in [0.2, 0.25) is 0 Å². The lowest BCUT2D eigenvalue weighted by molar-refractivity contribution is -0.193. The third-order valence-electron chi connectivity index (χ3n) is 3.32. The Morgan fingerprint density at radius 3 is 2.35 bits per heavy atom. The van der Waals surface area contributed by atoms with E-state index >= 15 is 0 Å². The van der Waals surface area contributed by atoms with E-state index in [0.29, 0.717) is 5.75 Å². The molecular weight excluding hydrogens is 327 g/mol. The lowest BCUT2D eigenvalue weighted by Crippen LogP contribution is -2.56.